The summed E-state index contributed by atoms with van der Waals surface area (Å²) < 4.78 is 27.9. The first-order valence-corrected chi connectivity index (χ1v) is 11.2. The second kappa shape index (κ2) is 9.14. The number of nitrogens with zero attached hydrogens (tertiary/aromatic N) is 1. The minimum atomic E-state index is -3.98. The SMILES string of the molecule is CC(=O)c1cccc(NC(=O)CN(c2cc(C)cc(C)c2)S(=O)(=O)c2ccccc2)c1. The van der Waals surface area contributed by atoms with Crippen molar-refractivity contribution >= 4 is 33.1 Å². The molecule has 0 spiro atoms. The minimum Gasteiger partial charge on any atom is -0.324 e. The summed E-state index contributed by atoms with van der Waals surface area (Å²) in [6.07, 6.45) is 0. The number of Topliss-reactive ketones (excluding diaryl/α,β-unsaturated/α-hetero) is 1. The number of rotatable bonds is 7. The van der Waals surface area contributed by atoms with Gasteiger partial charge in [0.25, 0.3) is 10.0 Å². The lowest BCUT2D eigenvalue weighted by Crippen LogP contribution is -2.38. The Morgan fingerprint density at radius 3 is 2.13 bits per heavy atom. The van der Waals surface area contributed by atoms with Crippen LogP contribution in [-0.4, -0.2) is 26.7 Å². The van der Waals surface area contributed by atoms with E-state index in [1.165, 1.54) is 19.1 Å². The zero-order valence-corrected chi connectivity index (χ0v) is 18.4. The van der Waals surface area contributed by atoms with Crippen molar-refractivity contribution in [2.45, 2.75) is 25.7 Å². The van der Waals surface area contributed by atoms with E-state index in [9.17, 15) is 18.0 Å². The molecule has 0 heterocycles. The fourth-order valence-corrected chi connectivity index (χ4v) is 4.70. The molecule has 0 saturated heterocycles. The summed E-state index contributed by atoms with van der Waals surface area (Å²) in [4.78, 5) is 24.5. The molecule has 0 aliphatic rings. The number of hydrogen-bond donors (Lipinski definition) is 1. The molecular formula is C24H24N2O4S. The smallest absolute Gasteiger partial charge is 0.264 e. The Balaban J connectivity index is 1.96. The van der Waals surface area contributed by atoms with E-state index in [0.29, 0.717) is 16.9 Å². The number of amides is 1. The van der Waals surface area contributed by atoms with Crippen LogP contribution < -0.4 is 9.62 Å². The van der Waals surface area contributed by atoms with Crippen LogP contribution in [0.15, 0.2) is 77.7 Å². The lowest BCUT2D eigenvalue weighted by molar-refractivity contribution is -0.114. The maximum atomic E-state index is 13.4. The van der Waals surface area contributed by atoms with Gasteiger partial charge in [-0.2, -0.15) is 0 Å². The highest BCUT2D eigenvalue weighted by molar-refractivity contribution is 7.92. The standard InChI is InChI=1S/C24H24N2O4S/c1-17-12-18(2)14-22(13-17)26(31(29,30)23-10-5-4-6-11-23)16-24(28)25-21-9-7-8-20(15-21)19(3)27/h4-15H,16H2,1-3H3,(H,25,28). The number of hydrogen-bond acceptors (Lipinski definition) is 4. The molecule has 3 rings (SSSR count). The van der Waals surface area contributed by atoms with E-state index in [-0.39, 0.29) is 10.7 Å². The van der Waals surface area contributed by atoms with Crippen molar-refractivity contribution in [3.8, 4) is 0 Å². The van der Waals surface area contributed by atoms with Crippen molar-refractivity contribution in [3.63, 3.8) is 0 Å². The van der Waals surface area contributed by atoms with Gasteiger partial charge in [-0.3, -0.25) is 13.9 Å². The van der Waals surface area contributed by atoms with Crippen molar-refractivity contribution in [1.29, 1.82) is 0 Å². The molecule has 0 saturated carbocycles. The largest absolute Gasteiger partial charge is 0.324 e. The Morgan fingerprint density at radius 1 is 0.871 bits per heavy atom. The van der Waals surface area contributed by atoms with E-state index in [4.69, 9.17) is 0 Å². The van der Waals surface area contributed by atoms with E-state index in [1.54, 1.807) is 54.6 Å². The molecule has 0 atom stereocenters. The van der Waals surface area contributed by atoms with E-state index in [1.807, 2.05) is 19.9 Å². The van der Waals surface area contributed by atoms with Crippen LogP contribution in [0.25, 0.3) is 0 Å². The van der Waals surface area contributed by atoms with Gasteiger partial charge in [-0.15, -0.1) is 0 Å². The highest BCUT2D eigenvalue weighted by Gasteiger charge is 2.27. The van der Waals surface area contributed by atoms with E-state index < -0.39 is 22.5 Å². The van der Waals surface area contributed by atoms with Gasteiger partial charge in [-0.25, -0.2) is 8.42 Å². The third kappa shape index (κ3) is 5.38. The number of carbonyl (C=O) groups is 2. The van der Waals surface area contributed by atoms with Gasteiger partial charge in [0.2, 0.25) is 5.91 Å². The first-order valence-electron chi connectivity index (χ1n) is 9.74. The van der Waals surface area contributed by atoms with Crippen LogP contribution in [0.1, 0.15) is 28.4 Å². The maximum Gasteiger partial charge on any atom is 0.264 e. The highest BCUT2D eigenvalue weighted by Crippen LogP contribution is 2.26. The summed E-state index contributed by atoms with van der Waals surface area (Å²) >= 11 is 0. The van der Waals surface area contributed by atoms with Crippen molar-refractivity contribution in [1.82, 2.24) is 0 Å². The monoisotopic (exact) mass is 436 g/mol. The van der Waals surface area contributed by atoms with Crippen molar-refractivity contribution in [2.75, 3.05) is 16.2 Å². The van der Waals surface area contributed by atoms with Crippen LogP contribution in [0.5, 0.6) is 0 Å². The van der Waals surface area contributed by atoms with Gasteiger partial charge in [0.15, 0.2) is 5.78 Å². The molecule has 31 heavy (non-hydrogen) atoms. The summed E-state index contributed by atoms with van der Waals surface area (Å²) in [7, 11) is -3.98. The van der Waals surface area contributed by atoms with Gasteiger partial charge in [0.1, 0.15) is 6.54 Å². The van der Waals surface area contributed by atoms with Gasteiger partial charge in [-0.1, -0.05) is 36.4 Å². The number of sulfonamides is 1. The minimum absolute atomic E-state index is 0.0977. The van der Waals surface area contributed by atoms with Gasteiger partial charge < -0.3 is 5.32 Å². The molecule has 0 aromatic heterocycles. The lowest BCUT2D eigenvalue weighted by atomic mass is 10.1. The van der Waals surface area contributed by atoms with Crippen molar-refractivity contribution < 1.29 is 18.0 Å². The molecule has 0 fully saturated rings. The van der Waals surface area contributed by atoms with Gasteiger partial charge >= 0.3 is 0 Å². The molecule has 0 aliphatic carbocycles. The number of carbonyl (C=O) groups excluding carboxylic acids is 2. The number of benzene rings is 3. The second-order valence-corrected chi connectivity index (χ2v) is 9.22. The molecule has 3 aromatic carbocycles. The molecule has 6 nitrogen and oxygen atoms in total. The number of ketones is 1. The molecule has 1 N–H and O–H groups in total. The van der Waals surface area contributed by atoms with Crippen molar-refractivity contribution in [3.05, 3.63) is 89.5 Å². The summed E-state index contributed by atoms with van der Waals surface area (Å²) in [5.74, 6) is -0.640. The summed E-state index contributed by atoms with van der Waals surface area (Å²) in [5, 5.41) is 2.69. The lowest BCUT2D eigenvalue weighted by Gasteiger charge is -2.25. The fraction of sp³-hybridized carbons (Fsp3) is 0.167. The number of anilines is 2. The van der Waals surface area contributed by atoms with Gasteiger partial charge in [0.05, 0.1) is 10.6 Å². The molecule has 0 aliphatic heterocycles. The van der Waals surface area contributed by atoms with E-state index >= 15 is 0 Å². The van der Waals surface area contributed by atoms with Gasteiger partial charge in [0, 0.05) is 11.3 Å². The first kappa shape index (κ1) is 22.2. The normalized spacial score (nSPS) is 11.1. The first-order chi connectivity index (χ1) is 14.7. The zero-order chi connectivity index (χ0) is 22.6. The Hall–Kier alpha value is -3.45. The third-order valence-corrected chi connectivity index (χ3v) is 6.45. The Bertz CT molecular complexity index is 1200. The topological polar surface area (TPSA) is 83.6 Å². The molecule has 1 amide bonds. The Morgan fingerprint density at radius 2 is 1.52 bits per heavy atom. The van der Waals surface area contributed by atoms with E-state index in [0.717, 1.165) is 15.4 Å². The molecule has 0 unspecified atom stereocenters. The number of aryl methyl sites for hydroxylation is 2. The van der Waals surface area contributed by atoms with Crippen LogP contribution in [-0.2, 0) is 14.8 Å². The third-order valence-electron chi connectivity index (χ3n) is 4.67. The summed E-state index contributed by atoms with van der Waals surface area (Å²) in [6.45, 7) is 4.77. The van der Waals surface area contributed by atoms with Crippen LogP contribution in [0, 0.1) is 13.8 Å². The molecular weight excluding hydrogens is 412 g/mol. The molecule has 7 heteroatoms. The van der Waals surface area contributed by atoms with Crippen LogP contribution in [0.4, 0.5) is 11.4 Å². The summed E-state index contributed by atoms with van der Waals surface area (Å²) in [6, 6.07) is 19.9. The molecule has 0 radical (unpaired) electrons. The summed E-state index contributed by atoms with van der Waals surface area (Å²) in [5.41, 5.74) is 3.07. The van der Waals surface area contributed by atoms with E-state index in [2.05, 4.69) is 5.32 Å². The number of nitrogens with one attached hydrogen (secondary N) is 1. The Labute approximate surface area is 182 Å². The molecule has 3 aromatic rings. The van der Waals surface area contributed by atoms with Crippen molar-refractivity contribution in [2.24, 2.45) is 0 Å². The van der Waals surface area contributed by atoms with Crippen LogP contribution in [0.3, 0.4) is 0 Å². The Kier molecular flexibility index (Phi) is 6.56. The zero-order valence-electron chi connectivity index (χ0n) is 17.6. The predicted octanol–water partition coefficient (Wildman–Crippen LogP) is 4.34. The fourth-order valence-electron chi connectivity index (χ4n) is 3.28. The van der Waals surface area contributed by atoms with Crippen LogP contribution >= 0.6 is 0 Å². The van der Waals surface area contributed by atoms with Crippen LogP contribution in [0.2, 0.25) is 0 Å². The quantitative estimate of drug-likeness (QED) is 0.559. The predicted molar refractivity (Wildman–Crippen MR) is 122 cm³/mol. The maximum absolute atomic E-state index is 13.4. The molecule has 160 valence electrons. The highest BCUT2D eigenvalue weighted by atomic mass is 32.2. The van der Waals surface area contributed by atoms with Gasteiger partial charge in [-0.05, 0) is 68.3 Å². The average molecular weight is 437 g/mol. The average Bonchev–Trinajstić information content (AvgIpc) is 2.72. The second-order valence-electron chi connectivity index (χ2n) is 7.36. The molecule has 0 bridgehead atoms.